The van der Waals surface area contributed by atoms with Crippen LogP contribution in [0.5, 0.6) is 0 Å². The van der Waals surface area contributed by atoms with Crippen molar-refractivity contribution in [3.63, 3.8) is 0 Å². The van der Waals surface area contributed by atoms with E-state index in [2.05, 4.69) is 15.6 Å². The Balaban J connectivity index is 1.47. The topological polar surface area (TPSA) is 84.2 Å². The van der Waals surface area contributed by atoms with Crippen molar-refractivity contribution in [3.8, 4) is 0 Å². The van der Waals surface area contributed by atoms with Gasteiger partial charge in [-0.1, -0.05) is 24.3 Å². The minimum absolute atomic E-state index is 0.0900. The van der Waals surface area contributed by atoms with Gasteiger partial charge in [-0.15, -0.1) is 0 Å². The Morgan fingerprint density at radius 3 is 2.75 bits per heavy atom. The molecule has 0 saturated heterocycles. The van der Waals surface area contributed by atoms with Crippen molar-refractivity contribution in [2.45, 2.75) is 6.42 Å². The van der Waals surface area contributed by atoms with Gasteiger partial charge in [0.2, 0.25) is 5.91 Å². The summed E-state index contributed by atoms with van der Waals surface area (Å²) in [7, 11) is 0. The van der Waals surface area contributed by atoms with Gasteiger partial charge in [-0.25, -0.2) is 0 Å². The molecule has 0 atom stereocenters. The van der Waals surface area contributed by atoms with Crippen LogP contribution in [-0.2, 0) is 11.2 Å². The fourth-order valence-corrected chi connectivity index (χ4v) is 2.42. The highest BCUT2D eigenvalue weighted by Crippen LogP contribution is 2.15. The maximum Gasteiger partial charge on any atom is 0.287 e. The van der Waals surface area contributed by atoms with Gasteiger partial charge in [0, 0.05) is 18.1 Å². The van der Waals surface area contributed by atoms with E-state index < -0.39 is 5.91 Å². The maximum atomic E-state index is 11.8. The summed E-state index contributed by atoms with van der Waals surface area (Å²) in [6, 6.07) is 13.1. The number of rotatable bonds is 6. The molecule has 0 spiro atoms. The lowest BCUT2D eigenvalue weighted by molar-refractivity contribution is -0.120. The molecular formula is C18H17N3O3. The molecule has 0 saturated carbocycles. The molecule has 2 amide bonds. The molecule has 0 aliphatic rings. The standard InChI is InChI=1S/C18H17N3O3/c22-16(12-21-18(23)15-7-3-11-24-15)19-10-8-14-5-1-4-13-6-2-9-20-17(13)14/h1-7,9,11H,8,10,12H2,(H,19,22)(H,21,23). The van der Waals surface area contributed by atoms with Crippen LogP contribution in [0.3, 0.4) is 0 Å². The molecule has 0 bridgehead atoms. The van der Waals surface area contributed by atoms with Crippen LogP contribution in [0, 0.1) is 0 Å². The van der Waals surface area contributed by atoms with Crippen LogP contribution >= 0.6 is 0 Å². The van der Waals surface area contributed by atoms with E-state index in [1.807, 2.05) is 30.3 Å². The van der Waals surface area contributed by atoms with Crippen molar-refractivity contribution >= 4 is 22.7 Å². The Morgan fingerprint density at radius 1 is 1.04 bits per heavy atom. The highest BCUT2D eigenvalue weighted by Gasteiger charge is 2.10. The van der Waals surface area contributed by atoms with Gasteiger partial charge < -0.3 is 15.1 Å². The minimum Gasteiger partial charge on any atom is -0.459 e. The van der Waals surface area contributed by atoms with Crippen LogP contribution in [0.25, 0.3) is 10.9 Å². The van der Waals surface area contributed by atoms with Gasteiger partial charge in [0.15, 0.2) is 5.76 Å². The summed E-state index contributed by atoms with van der Waals surface area (Å²) in [6.45, 7) is 0.387. The zero-order chi connectivity index (χ0) is 16.8. The third-order valence-electron chi connectivity index (χ3n) is 3.59. The lowest BCUT2D eigenvalue weighted by atomic mass is 10.1. The zero-order valence-electron chi connectivity index (χ0n) is 13.0. The first kappa shape index (κ1) is 15.7. The smallest absolute Gasteiger partial charge is 0.287 e. The van der Waals surface area contributed by atoms with Crippen LogP contribution in [0.2, 0.25) is 0 Å². The third-order valence-corrected chi connectivity index (χ3v) is 3.59. The molecule has 0 aliphatic carbocycles. The summed E-state index contributed by atoms with van der Waals surface area (Å²) in [5.74, 6) is -0.471. The number of para-hydroxylation sites is 1. The molecule has 2 heterocycles. The van der Waals surface area contributed by atoms with Crippen molar-refractivity contribution in [2.24, 2.45) is 0 Å². The van der Waals surface area contributed by atoms with Crippen LogP contribution in [0.1, 0.15) is 16.1 Å². The van der Waals surface area contributed by atoms with Crippen LogP contribution in [0.15, 0.2) is 59.3 Å². The molecule has 122 valence electrons. The molecule has 0 unspecified atom stereocenters. The molecule has 2 aromatic heterocycles. The Bertz CT molecular complexity index is 838. The average Bonchev–Trinajstić information content (AvgIpc) is 3.14. The average molecular weight is 323 g/mol. The van der Waals surface area contributed by atoms with Gasteiger partial charge in [0.25, 0.3) is 5.91 Å². The van der Waals surface area contributed by atoms with E-state index in [1.54, 1.807) is 18.3 Å². The number of nitrogens with one attached hydrogen (secondary N) is 2. The van der Waals surface area contributed by atoms with Crippen molar-refractivity contribution in [3.05, 3.63) is 66.2 Å². The van der Waals surface area contributed by atoms with Crippen LogP contribution in [-0.4, -0.2) is 29.9 Å². The largest absolute Gasteiger partial charge is 0.459 e. The Kier molecular flexibility index (Phi) is 4.86. The fraction of sp³-hybridized carbons (Fsp3) is 0.167. The number of benzene rings is 1. The number of carbonyl (C=O) groups excluding carboxylic acids is 2. The third kappa shape index (κ3) is 3.78. The molecule has 0 aliphatic heterocycles. The predicted molar refractivity (Wildman–Crippen MR) is 89.5 cm³/mol. The van der Waals surface area contributed by atoms with Crippen molar-refractivity contribution in [1.29, 1.82) is 0 Å². The van der Waals surface area contributed by atoms with Gasteiger partial charge in [-0.05, 0) is 30.2 Å². The molecule has 3 rings (SSSR count). The number of amides is 2. The molecule has 0 radical (unpaired) electrons. The number of nitrogens with zero attached hydrogens (tertiary/aromatic N) is 1. The first-order valence-electron chi connectivity index (χ1n) is 7.65. The van der Waals surface area contributed by atoms with Gasteiger partial charge >= 0.3 is 0 Å². The molecular weight excluding hydrogens is 306 g/mol. The molecule has 24 heavy (non-hydrogen) atoms. The van der Waals surface area contributed by atoms with Crippen molar-refractivity contribution < 1.29 is 14.0 Å². The molecule has 0 fully saturated rings. The lowest BCUT2D eigenvalue weighted by Crippen LogP contribution is -2.37. The number of fused-ring (bicyclic) bond motifs is 1. The number of hydrogen-bond donors (Lipinski definition) is 2. The summed E-state index contributed by atoms with van der Waals surface area (Å²) in [6.07, 6.45) is 3.84. The van der Waals surface area contributed by atoms with Gasteiger partial charge in [0.1, 0.15) is 0 Å². The highest BCUT2D eigenvalue weighted by molar-refractivity contribution is 5.94. The van der Waals surface area contributed by atoms with E-state index in [-0.39, 0.29) is 18.2 Å². The van der Waals surface area contributed by atoms with Crippen molar-refractivity contribution in [1.82, 2.24) is 15.6 Å². The molecule has 6 heteroatoms. The second-order valence-corrected chi connectivity index (χ2v) is 5.25. The summed E-state index contributed by atoms with van der Waals surface area (Å²) in [5.41, 5.74) is 2.02. The normalized spacial score (nSPS) is 10.5. The minimum atomic E-state index is -0.409. The van der Waals surface area contributed by atoms with E-state index in [0.29, 0.717) is 13.0 Å². The summed E-state index contributed by atoms with van der Waals surface area (Å²) in [5, 5.41) is 6.37. The Morgan fingerprint density at radius 2 is 1.92 bits per heavy atom. The van der Waals surface area contributed by atoms with E-state index in [9.17, 15) is 9.59 Å². The maximum absolute atomic E-state index is 11.8. The quantitative estimate of drug-likeness (QED) is 0.726. The number of carbonyl (C=O) groups is 2. The number of pyridine rings is 1. The van der Waals surface area contributed by atoms with Crippen LogP contribution < -0.4 is 10.6 Å². The second kappa shape index (κ2) is 7.41. The second-order valence-electron chi connectivity index (χ2n) is 5.25. The molecule has 1 aromatic carbocycles. The monoisotopic (exact) mass is 323 g/mol. The molecule has 6 nitrogen and oxygen atoms in total. The first-order chi connectivity index (χ1) is 11.7. The lowest BCUT2D eigenvalue weighted by Gasteiger charge is -2.08. The van der Waals surface area contributed by atoms with Crippen molar-refractivity contribution in [2.75, 3.05) is 13.1 Å². The summed E-state index contributed by atoms with van der Waals surface area (Å²) < 4.78 is 4.96. The first-order valence-corrected chi connectivity index (χ1v) is 7.65. The molecule has 3 aromatic rings. The highest BCUT2D eigenvalue weighted by atomic mass is 16.3. The summed E-state index contributed by atoms with van der Waals surface area (Å²) >= 11 is 0. The Hall–Kier alpha value is -3.15. The van der Waals surface area contributed by atoms with Gasteiger partial charge in [0.05, 0.1) is 18.3 Å². The van der Waals surface area contributed by atoms with E-state index >= 15 is 0 Å². The zero-order valence-corrected chi connectivity index (χ0v) is 13.0. The Labute approximate surface area is 138 Å². The van der Waals surface area contributed by atoms with E-state index in [0.717, 1.165) is 16.5 Å². The number of aromatic nitrogens is 1. The van der Waals surface area contributed by atoms with Crippen LogP contribution in [0.4, 0.5) is 0 Å². The van der Waals surface area contributed by atoms with E-state index in [1.165, 1.54) is 6.26 Å². The van der Waals surface area contributed by atoms with Gasteiger partial charge in [-0.2, -0.15) is 0 Å². The number of furan rings is 1. The van der Waals surface area contributed by atoms with Gasteiger partial charge in [-0.3, -0.25) is 14.6 Å². The van der Waals surface area contributed by atoms with E-state index in [4.69, 9.17) is 4.42 Å². The SMILES string of the molecule is O=C(CNC(=O)c1ccco1)NCCc1cccc2cccnc12. The predicted octanol–water partition coefficient (Wildman–Crippen LogP) is 1.92. The summed E-state index contributed by atoms with van der Waals surface area (Å²) in [4.78, 5) is 27.8. The number of hydrogen-bond acceptors (Lipinski definition) is 4. The molecule has 2 N–H and O–H groups in total. The fourth-order valence-electron chi connectivity index (χ4n) is 2.42.